The van der Waals surface area contributed by atoms with Crippen LogP contribution in [0.5, 0.6) is 0 Å². The first-order valence-corrected chi connectivity index (χ1v) is 7.30. The van der Waals surface area contributed by atoms with Crippen LogP contribution in [0.1, 0.15) is 26.7 Å². The molecule has 0 radical (unpaired) electrons. The Kier molecular flexibility index (Phi) is 8.85. The lowest BCUT2D eigenvalue weighted by Gasteiger charge is -2.40. The monoisotopic (exact) mass is 321 g/mol. The highest BCUT2D eigenvalue weighted by atomic mass is 35.5. The van der Waals surface area contributed by atoms with Gasteiger partial charge in [0.2, 0.25) is 11.8 Å². The van der Waals surface area contributed by atoms with Gasteiger partial charge in [0.1, 0.15) is 6.61 Å². The summed E-state index contributed by atoms with van der Waals surface area (Å²) in [5.74, 6) is 0.111. The third-order valence-electron chi connectivity index (χ3n) is 4.39. The molecule has 1 saturated heterocycles. The van der Waals surface area contributed by atoms with Crippen LogP contribution in [0.15, 0.2) is 0 Å². The molecule has 1 aliphatic heterocycles. The minimum atomic E-state index is -0.446. The molecule has 0 saturated carbocycles. The van der Waals surface area contributed by atoms with E-state index in [0.29, 0.717) is 32.7 Å². The van der Waals surface area contributed by atoms with Gasteiger partial charge in [-0.15, -0.1) is 12.4 Å². The summed E-state index contributed by atoms with van der Waals surface area (Å²) in [5.41, 5.74) is 5.38. The van der Waals surface area contributed by atoms with E-state index in [1.807, 2.05) is 18.7 Å². The highest BCUT2D eigenvalue weighted by Gasteiger charge is 2.38. The number of rotatable bonds is 6. The van der Waals surface area contributed by atoms with Gasteiger partial charge in [-0.2, -0.15) is 0 Å². The molecule has 6 nitrogen and oxygen atoms in total. The van der Waals surface area contributed by atoms with E-state index in [9.17, 15) is 9.59 Å². The van der Waals surface area contributed by atoms with Crippen LogP contribution in [0.3, 0.4) is 0 Å². The number of carbonyl (C=O) groups is 2. The van der Waals surface area contributed by atoms with Crippen molar-refractivity contribution in [3.05, 3.63) is 0 Å². The van der Waals surface area contributed by atoms with Crippen molar-refractivity contribution >= 4 is 24.2 Å². The summed E-state index contributed by atoms with van der Waals surface area (Å²) < 4.78 is 4.85. The largest absolute Gasteiger partial charge is 0.375 e. The van der Waals surface area contributed by atoms with Crippen molar-refractivity contribution < 1.29 is 14.3 Å². The summed E-state index contributed by atoms with van der Waals surface area (Å²) in [6.45, 7) is 6.79. The number of carbonyl (C=O) groups excluding carboxylic acids is 2. The average molecular weight is 322 g/mol. The summed E-state index contributed by atoms with van der Waals surface area (Å²) in [6.07, 6.45) is 1.50. The van der Waals surface area contributed by atoms with Crippen molar-refractivity contribution in [3.63, 3.8) is 0 Å². The molecule has 0 aromatic rings. The summed E-state index contributed by atoms with van der Waals surface area (Å²) in [4.78, 5) is 27.9. The Morgan fingerprint density at radius 2 is 1.57 bits per heavy atom. The van der Waals surface area contributed by atoms with Crippen molar-refractivity contribution in [1.82, 2.24) is 9.80 Å². The van der Waals surface area contributed by atoms with E-state index < -0.39 is 5.41 Å². The van der Waals surface area contributed by atoms with Gasteiger partial charge in [0, 0.05) is 39.8 Å². The number of piperazine rings is 1. The first-order chi connectivity index (χ1) is 9.54. The van der Waals surface area contributed by atoms with E-state index in [1.165, 1.54) is 7.11 Å². The Labute approximate surface area is 133 Å². The van der Waals surface area contributed by atoms with Crippen molar-refractivity contribution in [2.45, 2.75) is 26.7 Å². The second-order valence-corrected chi connectivity index (χ2v) is 5.30. The zero-order valence-electron chi connectivity index (χ0n) is 13.3. The molecule has 0 unspecified atom stereocenters. The number of hydrogen-bond donors (Lipinski definition) is 1. The van der Waals surface area contributed by atoms with Gasteiger partial charge in [-0.3, -0.25) is 9.59 Å². The molecule has 0 aromatic carbocycles. The molecule has 124 valence electrons. The maximum atomic E-state index is 12.6. The van der Waals surface area contributed by atoms with Crippen molar-refractivity contribution in [2.24, 2.45) is 11.1 Å². The number of amides is 2. The number of methoxy groups -OCH3 is 1. The van der Waals surface area contributed by atoms with Crippen LogP contribution in [0.2, 0.25) is 0 Å². The SMILES string of the molecule is CCC(CC)(CN)C(=O)N1CCN(C(=O)COC)CC1.Cl. The molecular weight excluding hydrogens is 294 g/mol. The molecule has 0 atom stereocenters. The van der Waals surface area contributed by atoms with Crippen molar-refractivity contribution in [1.29, 1.82) is 0 Å². The van der Waals surface area contributed by atoms with Gasteiger partial charge < -0.3 is 20.3 Å². The quantitative estimate of drug-likeness (QED) is 0.772. The predicted molar refractivity (Wildman–Crippen MR) is 84.4 cm³/mol. The van der Waals surface area contributed by atoms with Crippen molar-refractivity contribution in [2.75, 3.05) is 46.4 Å². The molecule has 21 heavy (non-hydrogen) atoms. The first kappa shape index (κ1) is 20.1. The predicted octanol–water partition coefficient (Wildman–Crippen LogP) is 0.491. The molecule has 1 fully saturated rings. The van der Waals surface area contributed by atoms with Gasteiger partial charge >= 0.3 is 0 Å². The van der Waals surface area contributed by atoms with Crippen LogP contribution < -0.4 is 5.73 Å². The highest BCUT2D eigenvalue weighted by Crippen LogP contribution is 2.28. The fourth-order valence-corrected chi connectivity index (χ4v) is 2.64. The summed E-state index contributed by atoms with van der Waals surface area (Å²) >= 11 is 0. The second-order valence-electron chi connectivity index (χ2n) is 5.30. The summed E-state index contributed by atoms with van der Waals surface area (Å²) in [7, 11) is 1.51. The lowest BCUT2D eigenvalue weighted by molar-refractivity contribution is -0.148. The minimum Gasteiger partial charge on any atom is -0.375 e. The molecule has 0 aliphatic carbocycles. The van der Waals surface area contributed by atoms with E-state index >= 15 is 0 Å². The second kappa shape index (κ2) is 9.23. The molecular formula is C14H28ClN3O3. The third-order valence-corrected chi connectivity index (χ3v) is 4.39. The van der Waals surface area contributed by atoms with Gasteiger partial charge in [0.15, 0.2) is 0 Å². The third kappa shape index (κ3) is 4.56. The number of nitrogens with two attached hydrogens (primary N) is 1. The van der Waals surface area contributed by atoms with Gasteiger partial charge in [0.25, 0.3) is 0 Å². The van der Waals surface area contributed by atoms with Gasteiger partial charge in [-0.25, -0.2) is 0 Å². The van der Waals surface area contributed by atoms with E-state index in [4.69, 9.17) is 10.5 Å². The first-order valence-electron chi connectivity index (χ1n) is 7.30. The van der Waals surface area contributed by atoms with Gasteiger partial charge in [-0.05, 0) is 12.8 Å². The smallest absolute Gasteiger partial charge is 0.248 e. The standard InChI is InChI=1S/C14H27N3O3.ClH/c1-4-14(5-2,11-15)13(19)17-8-6-16(7-9-17)12(18)10-20-3;/h4-11,15H2,1-3H3;1H. The maximum Gasteiger partial charge on any atom is 0.248 e. The molecule has 0 aromatic heterocycles. The number of nitrogens with zero attached hydrogens (tertiary/aromatic N) is 2. The van der Waals surface area contributed by atoms with Crippen LogP contribution in [-0.2, 0) is 14.3 Å². The van der Waals surface area contributed by atoms with Crippen LogP contribution in [0, 0.1) is 5.41 Å². The van der Waals surface area contributed by atoms with E-state index in [2.05, 4.69) is 0 Å². The minimum absolute atomic E-state index is 0. The Morgan fingerprint density at radius 3 is 1.95 bits per heavy atom. The van der Waals surface area contributed by atoms with Gasteiger partial charge in [0.05, 0.1) is 5.41 Å². The molecule has 0 spiro atoms. The molecule has 2 N–H and O–H groups in total. The lowest BCUT2D eigenvalue weighted by Crippen LogP contribution is -2.56. The maximum absolute atomic E-state index is 12.6. The molecule has 7 heteroatoms. The zero-order valence-corrected chi connectivity index (χ0v) is 14.1. The Bertz CT molecular complexity index is 332. The van der Waals surface area contributed by atoms with Crippen molar-refractivity contribution in [3.8, 4) is 0 Å². The summed E-state index contributed by atoms with van der Waals surface area (Å²) in [6, 6.07) is 0. The van der Waals surface area contributed by atoms with Crippen LogP contribution >= 0.6 is 12.4 Å². The fraction of sp³-hybridized carbons (Fsp3) is 0.857. The van der Waals surface area contributed by atoms with Crippen LogP contribution in [-0.4, -0.2) is 68.1 Å². The lowest BCUT2D eigenvalue weighted by atomic mass is 9.81. The molecule has 2 amide bonds. The van der Waals surface area contributed by atoms with E-state index in [0.717, 1.165) is 12.8 Å². The van der Waals surface area contributed by atoms with Crippen LogP contribution in [0.25, 0.3) is 0 Å². The van der Waals surface area contributed by atoms with Gasteiger partial charge in [-0.1, -0.05) is 13.8 Å². The average Bonchev–Trinajstić information content (AvgIpc) is 2.50. The normalized spacial score (nSPS) is 15.6. The van der Waals surface area contributed by atoms with E-state index in [-0.39, 0.29) is 30.8 Å². The highest BCUT2D eigenvalue weighted by molar-refractivity contribution is 5.85. The molecule has 1 heterocycles. The molecule has 0 bridgehead atoms. The summed E-state index contributed by atoms with van der Waals surface area (Å²) in [5, 5.41) is 0. The number of ether oxygens (including phenoxy) is 1. The molecule has 1 rings (SSSR count). The Balaban J connectivity index is 0.00000400. The molecule has 1 aliphatic rings. The Morgan fingerprint density at radius 1 is 1.10 bits per heavy atom. The Hall–Kier alpha value is -0.850. The topological polar surface area (TPSA) is 75.9 Å². The van der Waals surface area contributed by atoms with Crippen LogP contribution in [0.4, 0.5) is 0 Å². The number of halogens is 1. The number of hydrogen-bond acceptors (Lipinski definition) is 4. The zero-order chi connectivity index (χ0) is 15.2. The fourth-order valence-electron chi connectivity index (χ4n) is 2.64. The van der Waals surface area contributed by atoms with E-state index in [1.54, 1.807) is 4.90 Å².